The lowest BCUT2D eigenvalue weighted by Gasteiger charge is -2.15. The molecule has 23 heavy (non-hydrogen) atoms. The number of carboxylic acids is 1. The summed E-state index contributed by atoms with van der Waals surface area (Å²) in [5.74, 6) is -1.03. The van der Waals surface area contributed by atoms with E-state index >= 15 is 0 Å². The lowest BCUT2D eigenvalue weighted by molar-refractivity contribution is -0.137. The van der Waals surface area contributed by atoms with Gasteiger partial charge in [0.25, 0.3) is 0 Å². The fraction of sp³-hybridized carbons (Fsp3) is 0.200. The topological polar surface area (TPSA) is 75.6 Å². The van der Waals surface area contributed by atoms with E-state index in [1.54, 1.807) is 6.07 Å². The Bertz CT molecular complexity index is 673. The van der Waals surface area contributed by atoms with E-state index in [9.17, 15) is 9.59 Å². The average Bonchev–Trinajstić information content (AvgIpc) is 2.85. The van der Waals surface area contributed by atoms with E-state index in [4.69, 9.17) is 21.4 Å². The van der Waals surface area contributed by atoms with Gasteiger partial charge in [-0.25, -0.2) is 4.79 Å². The van der Waals surface area contributed by atoms with Crippen molar-refractivity contribution in [1.82, 2.24) is 5.32 Å². The second-order valence-corrected chi connectivity index (χ2v) is 7.17. The molecule has 1 amide bonds. The van der Waals surface area contributed by atoms with Crippen molar-refractivity contribution in [2.45, 2.75) is 19.1 Å². The molecule has 0 fully saturated rings. The van der Waals surface area contributed by atoms with E-state index in [0.29, 0.717) is 13.7 Å². The van der Waals surface area contributed by atoms with Crippen LogP contribution in [0.3, 0.4) is 0 Å². The molecule has 0 saturated heterocycles. The van der Waals surface area contributed by atoms with Gasteiger partial charge in [-0.2, -0.15) is 0 Å². The highest BCUT2D eigenvalue weighted by Crippen LogP contribution is 2.36. The van der Waals surface area contributed by atoms with Gasteiger partial charge in [-0.3, -0.25) is 4.79 Å². The molecule has 0 spiro atoms. The molecule has 5 nitrogen and oxygen atoms in total. The number of carbonyl (C=O) groups is 2. The first-order valence-electron chi connectivity index (χ1n) is 6.59. The zero-order valence-corrected chi connectivity index (χ0v) is 15.0. The third-order valence-corrected chi connectivity index (χ3v) is 5.48. The SMILES string of the molecule is O=C(O)CC(NC(=O)OCc1ccccc1)c1cc(Br)c(Cl)s1. The number of carboxylic acid groups (broad SMARTS) is 1. The lowest BCUT2D eigenvalue weighted by atomic mass is 10.2. The van der Waals surface area contributed by atoms with Gasteiger partial charge in [0.05, 0.1) is 12.5 Å². The molecule has 1 aromatic heterocycles. The van der Waals surface area contributed by atoms with Gasteiger partial charge < -0.3 is 15.2 Å². The second-order valence-electron chi connectivity index (χ2n) is 4.63. The molecule has 1 unspecified atom stereocenters. The van der Waals surface area contributed by atoms with Gasteiger partial charge in [0.15, 0.2) is 0 Å². The quantitative estimate of drug-likeness (QED) is 0.718. The van der Waals surface area contributed by atoms with E-state index in [0.717, 1.165) is 5.56 Å². The minimum Gasteiger partial charge on any atom is -0.481 e. The van der Waals surface area contributed by atoms with Crippen molar-refractivity contribution >= 4 is 50.9 Å². The maximum atomic E-state index is 11.9. The summed E-state index contributed by atoms with van der Waals surface area (Å²) in [6, 6.07) is 10.2. The van der Waals surface area contributed by atoms with Gasteiger partial charge in [0.1, 0.15) is 10.9 Å². The zero-order valence-electron chi connectivity index (χ0n) is 11.8. The molecule has 0 radical (unpaired) electrons. The van der Waals surface area contributed by atoms with E-state index in [-0.39, 0.29) is 13.0 Å². The van der Waals surface area contributed by atoms with Gasteiger partial charge in [-0.1, -0.05) is 41.9 Å². The fourth-order valence-electron chi connectivity index (χ4n) is 1.84. The Morgan fingerprint density at radius 2 is 2.04 bits per heavy atom. The molecule has 0 saturated carbocycles. The molecule has 2 aromatic rings. The molecule has 122 valence electrons. The molecule has 1 aromatic carbocycles. The second kappa shape index (κ2) is 8.33. The third kappa shape index (κ3) is 5.53. The Morgan fingerprint density at radius 1 is 1.35 bits per heavy atom. The highest BCUT2D eigenvalue weighted by molar-refractivity contribution is 9.10. The standard InChI is InChI=1S/C15H13BrClNO4S/c16-10-6-12(23-14(10)17)11(7-13(19)20)18-15(21)22-8-9-4-2-1-3-5-9/h1-6,11H,7-8H2,(H,18,21)(H,19,20). The van der Waals surface area contributed by atoms with E-state index in [1.807, 2.05) is 30.3 Å². The first-order valence-corrected chi connectivity index (χ1v) is 8.58. The van der Waals surface area contributed by atoms with Crippen molar-refractivity contribution in [2.24, 2.45) is 0 Å². The normalized spacial score (nSPS) is 11.7. The molecule has 1 atom stereocenters. The molecular formula is C15H13BrClNO4S. The van der Waals surface area contributed by atoms with Crippen LogP contribution in [0.2, 0.25) is 4.34 Å². The van der Waals surface area contributed by atoms with Crippen LogP contribution in [-0.4, -0.2) is 17.2 Å². The Balaban J connectivity index is 1.99. The summed E-state index contributed by atoms with van der Waals surface area (Å²) in [7, 11) is 0. The zero-order chi connectivity index (χ0) is 16.8. The first kappa shape index (κ1) is 17.8. The fourth-order valence-corrected chi connectivity index (χ4v) is 3.63. The van der Waals surface area contributed by atoms with Crippen molar-refractivity contribution < 1.29 is 19.4 Å². The maximum absolute atomic E-state index is 11.9. The summed E-state index contributed by atoms with van der Waals surface area (Å²) in [6.45, 7) is 0.112. The summed E-state index contributed by atoms with van der Waals surface area (Å²) in [5.41, 5.74) is 0.847. The third-order valence-electron chi connectivity index (χ3n) is 2.89. The highest BCUT2D eigenvalue weighted by atomic mass is 79.9. The number of hydrogen-bond donors (Lipinski definition) is 2. The minimum absolute atomic E-state index is 0.112. The van der Waals surface area contributed by atoms with Crippen LogP contribution in [0.25, 0.3) is 0 Å². The summed E-state index contributed by atoms with van der Waals surface area (Å²) in [5, 5.41) is 11.6. The molecule has 0 bridgehead atoms. The lowest BCUT2D eigenvalue weighted by Crippen LogP contribution is -2.30. The molecule has 2 rings (SSSR count). The van der Waals surface area contributed by atoms with Crippen molar-refractivity contribution in [1.29, 1.82) is 0 Å². The van der Waals surface area contributed by atoms with Gasteiger partial charge >= 0.3 is 12.1 Å². The van der Waals surface area contributed by atoms with Crippen LogP contribution >= 0.6 is 38.9 Å². The number of hydrogen-bond acceptors (Lipinski definition) is 4. The predicted molar refractivity (Wildman–Crippen MR) is 91.8 cm³/mol. The first-order chi connectivity index (χ1) is 11.0. The molecule has 8 heteroatoms. The largest absolute Gasteiger partial charge is 0.481 e. The van der Waals surface area contributed by atoms with Gasteiger partial charge in [0.2, 0.25) is 0 Å². The van der Waals surface area contributed by atoms with Crippen LogP contribution in [0.5, 0.6) is 0 Å². The van der Waals surface area contributed by atoms with Crippen LogP contribution in [-0.2, 0) is 16.1 Å². The van der Waals surface area contributed by atoms with E-state index in [2.05, 4.69) is 21.2 Å². The number of aliphatic carboxylic acids is 1. The number of nitrogens with one attached hydrogen (secondary N) is 1. The summed E-state index contributed by atoms with van der Waals surface area (Å²) in [6.07, 6.45) is -0.940. The number of carbonyl (C=O) groups excluding carboxylic acids is 1. The van der Waals surface area contributed by atoms with Crippen LogP contribution in [0.4, 0.5) is 4.79 Å². The summed E-state index contributed by atoms with van der Waals surface area (Å²) >= 11 is 10.4. The Morgan fingerprint density at radius 3 is 2.61 bits per heavy atom. The summed E-state index contributed by atoms with van der Waals surface area (Å²) < 4.78 is 6.27. The number of ether oxygens (including phenoxy) is 1. The molecular weight excluding hydrogens is 406 g/mol. The number of benzene rings is 1. The Kier molecular flexibility index (Phi) is 6.44. The van der Waals surface area contributed by atoms with E-state index in [1.165, 1.54) is 11.3 Å². The van der Waals surface area contributed by atoms with Gasteiger partial charge in [-0.05, 0) is 27.6 Å². The number of halogens is 2. The molecule has 0 aliphatic rings. The van der Waals surface area contributed by atoms with Gasteiger partial charge in [0, 0.05) is 9.35 Å². The van der Waals surface area contributed by atoms with Crippen molar-refractivity contribution in [3.8, 4) is 0 Å². The van der Waals surface area contributed by atoms with Crippen LogP contribution in [0, 0.1) is 0 Å². The molecule has 2 N–H and O–H groups in total. The van der Waals surface area contributed by atoms with Gasteiger partial charge in [-0.15, -0.1) is 11.3 Å². The minimum atomic E-state index is -1.03. The van der Waals surface area contributed by atoms with Crippen LogP contribution in [0.1, 0.15) is 22.9 Å². The van der Waals surface area contributed by atoms with E-state index < -0.39 is 18.1 Å². The monoisotopic (exact) mass is 417 g/mol. The summed E-state index contributed by atoms with van der Waals surface area (Å²) in [4.78, 5) is 23.6. The predicted octanol–water partition coefficient (Wildman–Crippen LogP) is 4.61. The van der Waals surface area contributed by atoms with Crippen molar-refractivity contribution in [2.75, 3.05) is 0 Å². The Labute approximate surface area is 150 Å². The van der Waals surface area contributed by atoms with Crippen LogP contribution < -0.4 is 5.32 Å². The molecule has 1 heterocycles. The van der Waals surface area contributed by atoms with Crippen molar-refractivity contribution in [3.63, 3.8) is 0 Å². The smallest absolute Gasteiger partial charge is 0.407 e. The molecule has 0 aliphatic heterocycles. The number of thiophene rings is 1. The average molecular weight is 419 g/mol. The highest BCUT2D eigenvalue weighted by Gasteiger charge is 2.22. The van der Waals surface area contributed by atoms with Crippen LogP contribution in [0.15, 0.2) is 40.9 Å². The number of alkyl carbamates (subject to hydrolysis) is 1. The Hall–Kier alpha value is -1.57. The maximum Gasteiger partial charge on any atom is 0.407 e. The molecule has 0 aliphatic carbocycles. The number of amides is 1. The van der Waals surface area contributed by atoms with Crippen molar-refractivity contribution in [3.05, 3.63) is 55.6 Å². The number of rotatable bonds is 6.